The van der Waals surface area contributed by atoms with Crippen molar-refractivity contribution in [1.82, 2.24) is 4.72 Å². The van der Waals surface area contributed by atoms with Gasteiger partial charge in [0.25, 0.3) is 5.91 Å². The first-order chi connectivity index (χ1) is 19.1. The second-order valence-electron chi connectivity index (χ2n) is 11.6. The third-order valence-corrected chi connectivity index (χ3v) is 11.1. The van der Waals surface area contributed by atoms with Gasteiger partial charge in [-0.15, -0.1) is 0 Å². The minimum atomic E-state index is -3.91. The third-order valence-electron chi connectivity index (χ3n) is 8.97. The number of aliphatic hydroxyl groups is 1. The molecule has 2 aliphatic heterocycles. The van der Waals surface area contributed by atoms with Gasteiger partial charge in [-0.3, -0.25) is 4.79 Å². The lowest BCUT2D eigenvalue weighted by atomic mass is 9.70. The molecule has 0 aromatic heterocycles. The summed E-state index contributed by atoms with van der Waals surface area (Å²) in [6, 6.07) is 11.0. The van der Waals surface area contributed by atoms with Gasteiger partial charge in [0.15, 0.2) is 0 Å². The van der Waals surface area contributed by atoms with Crippen molar-refractivity contribution in [3.8, 4) is 5.75 Å². The first-order valence-electron chi connectivity index (χ1n) is 14.3. The average molecular weight is 587 g/mol. The number of ether oxygens (including phenoxy) is 1. The van der Waals surface area contributed by atoms with Crippen molar-refractivity contribution in [2.24, 2.45) is 17.8 Å². The summed E-state index contributed by atoms with van der Waals surface area (Å²) in [6.07, 6.45) is 8.39. The maximum Gasteiger partial charge on any atom is 0.264 e. The molecule has 9 heteroatoms. The van der Waals surface area contributed by atoms with Crippen molar-refractivity contribution < 1.29 is 23.1 Å². The fourth-order valence-electron chi connectivity index (χ4n) is 5.99. The molecule has 1 saturated carbocycles. The Morgan fingerprint density at radius 1 is 1.07 bits per heavy atom. The predicted octanol–water partition coefficient (Wildman–Crippen LogP) is 5.49. The van der Waals surface area contributed by atoms with Gasteiger partial charge >= 0.3 is 0 Å². The minimum absolute atomic E-state index is 0.140. The number of amides is 1. The first kappa shape index (κ1) is 29.0. The highest BCUT2D eigenvalue weighted by Gasteiger charge is 2.37. The molecular weight excluding hydrogens is 548 g/mol. The Morgan fingerprint density at radius 2 is 1.90 bits per heavy atom. The Hall–Kier alpha value is -2.55. The zero-order valence-corrected chi connectivity index (χ0v) is 24.8. The maximum absolute atomic E-state index is 13.3. The Bertz CT molecular complexity index is 1380. The molecule has 0 radical (unpaired) electrons. The number of hydrogen-bond acceptors (Lipinski definition) is 6. The second-order valence-corrected chi connectivity index (χ2v) is 14.1. The number of aliphatic hydroxyl groups excluding tert-OH is 1. The molecule has 0 saturated heterocycles. The van der Waals surface area contributed by atoms with Crippen LogP contribution in [0.3, 0.4) is 0 Å². The normalized spacial score (nSPS) is 29.9. The Balaban J connectivity index is 1.54. The average Bonchev–Trinajstić information content (AvgIpc) is 2.92. The van der Waals surface area contributed by atoms with E-state index in [1.165, 1.54) is 5.56 Å². The number of fused-ring (bicyclic) bond motifs is 3. The number of nitrogens with zero attached hydrogens (tertiary/aromatic N) is 1. The van der Waals surface area contributed by atoms with Gasteiger partial charge in [-0.1, -0.05) is 36.7 Å². The van der Waals surface area contributed by atoms with E-state index < -0.39 is 27.3 Å². The number of allylic oxidation sites excluding steroid dienone is 1. The number of halogens is 1. The Kier molecular flexibility index (Phi) is 8.78. The molecule has 3 aliphatic rings. The summed E-state index contributed by atoms with van der Waals surface area (Å²) in [7, 11) is -3.91. The summed E-state index contributed by atoms with van der Waals surface area (Å²) in [5.74, 6) is 0.210. The molecule has 2 aromatic rings. The van der Waals surface area contributed by atoms with E-state index in [2.05, 4.69) is 9.62 Å². The van der Waals surface area contributed by atoms with Crippen molar-refractivity contribution in [2.75, 3.05) is 18.0 Å². The molecule has 2 heterocycles. The largest absolute Gasteiger partial charge is 0.487 e. The van der Waals surface area contributed by atoms with Crippen LogP contribution in [0.2, 0.25) is 5.02 Å². The maximum atomic E-state index is 13.3. The van der Waals surface area contributed by atoms with E-state index in [0.717, 1.165) is 56.4 Å². The Labute approximate surface area is 242 Å². The van der Waals surface area contributed by atoms with E-state index in [-0.39, 0.29) is 17.4 Å². The minimum Gasteiger partial charge on any atom is -0.487 e. The summed E-state index contributed by atoms with van der Waals surface area (Å²) in [4.78, 5) is 15.5. The van der Waals surface area contributed by atoms with Crippen LogP contribution < -0.4 is 14.4 Å². The molecule has 0 spiro atoms. The number of hydrogen-bond donors (Lipinski definition) is 2. The SMILES string of the molecule is C[C@@H]1[C@@H](C)C/C=C/[C@@H](O)[C@@H]2CC[C@H]2CN2CCCCc3cc(Cl)ccc3COc3ccc(cc32)C(=O)NS1(=O)=O. The quantitative estimate of drug-likeness (QED) is 0.396. The monoisotopic (exact) mass is 586 g/mol. The number of benzene rings is 2. The van der Waals surface area contributed by atoms with Crippen LogP contribution in [0, 0.1) is 17.8 Å². The molecule has 2 N–H and O–H groups in total. The topological polar surface area (TPSA) is 95.9 Å². The summed E-state index contributed by atoms with van der Waals surface area (Å²) >= 11 is 6.29. The van der Waals surface area contributed by atoms with Crippen LogP contribution in [0.25, 0.3) is 0 Å². The van der Waals surface area contributed by atoms with E-state index in [0.29, 0.717) is 29.7 Å². The van der Waals surface area contributed by atoms with Crippen molar-refractivity contribution >= 4 is 33.2 Å². The molecule has 0 unspecified atom stereocenters. The highest BCUT2D eigenvalue weighted by Crippen LogP contribution is 2.41. The van der Waals surface area contributed by atoms with Gasteiger partial charge in [-0.2, -0.15) is 0 Å². The lowest BCUT2D eigenvalue weighted by Gasteiger charge is -2.42. The number of anilines is 1. The lowest BCUT2D eigenvalue weighted by Crippen LogP contribution is -2.43. The number of aryl methyl sites for hydroxylation is 1. The van der Waals surface area contributed by atoms with Crippen LogP contribution >= 0.6 is 11.6 Å². The van der Waals surface area contributed by atoms with Crippen molar-refractivity contribution in [1.29, 1.82) is 0 Å². The van der Waals surface area contributed by atoms with Crippen LogP contribution in [0.1, 0.15) is 67.4 Å². The zero-order chi connectivity index (χ0) is 28.4. The van der Waals surface area contributed by atoms with E-state index >= 15 is 0 Å². The van der Waals surface area contributed by atoms with Gasteiger partial charge in [0.05, 0.1) is 17.0 Å². The summed E-state index contributed by atoms with van der Waals surface area (Å²) < 4.78 is 34.8. The number of sulfonamides is 1. The van der Waals surface area contributed by atoms with Crippen LogP contribution in [-0.4, -0.2) is 43.9 Å². The van der Waals surface area contributed by atoms with E-state index in [1.807, 2.05) is 37.3 Å². The van der Waals surface area contributed by atoms with E-state index in [1.54, 1.807) is 25.1 Å². The standard InChI is InChI=1S/C31H39ClN2O5S/c1-20-6-5-8-29(35)27-13-10-24(27)18-34-15-4-3-7-22-16-26(32)12-9-25(22)19-39-30-14-11-23(17-28(30)34)31(36)33-40(37,38)21(20)2/h5,8-9,11-12,14,16-17,20-21,24,27,29,35H,3-4,6-7,10,13,15,18-19H2,1-2H3,(H,33,36)/b8-5+/t20-,21+,24-,27+,29+/m0/s1. The number of nitrogens with one attached hydrogen (secondary N) is 1. The highest BCUT2D eigenvalue weighted by molar-refractivity contribution is 7.90. The third kappa shape index (κ3) is 6.34. The summed E-state index contributed by atoms with van der Waals surface area (Å²) in [6.45, 7) is 5.30. The van der Waals surface area contributed by atoms with Gasteiger partial charge < -0.3 is 14.7 Å². The van der Waals surface area contributed by atoms with Gasteiger partial charge in [-0.25, -0.2) is 13.1 Å². The molecule has 1 amide bonds. The fraction of sp³-hybridized carbons (Fsp3) is 0.516. The van der Waals surface area contributed by atoms with Crippen LogP contribution in [0.5, 0.6) is 5.75 Å². The first-order valence-corrected chi connectivity index (χ1v) is 16.2. The van der Waals surface area contributed by atoms with E-state index in [9.17, 15) is 18.3 Å². The molecular formula is C31H39ClN2O5S. The number of carbonyl (C=O) groups is 1. The molecule has 1 fully saturated rings. The van der Waals surface area contributed by atoms with E-state index in [4.69, 9.17) is 16.3 Å². The van der Waals surface area contributed by atoms with Crippen molar-refractivity contribution in [3.63, 3.8) is 0 Å². The van der Waals surface area contributed by atoms with Crippen molar-refractivity contribution in [3.05, 3.63) is 70.3 Å². The molecule has 1 aliphatic carbocycles. The smallest absolute Gasteiger partial charge is 0.264 e. The molecule has 2 bridgehead atoms. The molecule has 7 nitrogen and oxygen atoms in total. The van der Waals surface area contributed by atoms with Crippen molar-refractivity contribution in [2.45, 2.75) is 70.3 Å². The number of carbonyl (C=O) groups excluding carboxylic acids is 1. The fourth-order valence-corrected chi connectivity index (χ4v) is 7.47. The molecule has 5 atom stereocenters. The van der Waals surface area contributed by atoms with Gasteiger partial charge in [-0.05, 0) is 105 Å². The lowest BCUT2D eigenvalue weighted by molar-refractivity contribution is 0.0461. The molecule has 2 aromatic carbocycles. The van der Waals surface area contributed by atoms with Gasteiger partial charge in [0.1, 0.15) is 12.4 Å². The summed E-state index contributed by atoms with van der Waals surface area (Å²) in [5, 5.41) is 10.9. The second kappa shape index (κ2) is 12.1. The zero-order valence-electron chi connectivity index (χ0n) is 23.2. The predicted molar refractivity (Wildman–Crippen MR) is 158 cm³/mol. The molecule has 216 valence electrons. The summed E-state index contributed by atoms with van der Waals surface area (Å²) in [5.41, 5.74) is 3.29. The Morgan fingerprint density at radius 3 is 2.67 bits per heavy atom. The van der Waals surface area contributed by atoms with Gasteiger partial charge in [0, 0.05) is 23.7 Å². The highest BCUT2D eigenvalue weighted by atomic mass is 35.5. The molecule has 40 heavy (non-hydrogen) atoms. The molecule has 5 rings (SSSR count). The van der Waals surface area contributed by atoms with Crippen LogP contribution in [-0.2, 0) is 23.1 Å². The van der Waals surface area contributed by atoms with Crippen LogP contribution in [0.4, 0.5) is 5.69 Å². The number of rotatable bonds is 0. The van der Waals surface area contributed by atoms with Gasteiger partial charge in [0.2, 0.25) is 10.0 Å². The van der Waals surface area contributed by atoms with Crippen LogP contribution in [0.15, 0.2) is 48.6 Å².